The molecule has 2 saturated carbocycles. The van der Waals surface area contributed by atoms with E-state index in [-0.39, 0.29) is 36.4 Å². The number of rotatable bonds is 3. The van der Waals surface area contributed by atoms with Crippen LogP contribution >= 0.6 is 0 Å². The van der Waals surface area contributed by atoms with E-state index in [1.807, 2.05) is 6.92 Å². The molecule has 150 valence electrons. The minimum Gasteiger partial charge on any atom is -0.377 e. The van der Waals surface area contributed by atoms with Crippen LogP contribution in [0.1, 0.15) is 59.3 Å². The molecule has 2 aliphatic carbocycles. The molecule has 4 nitrogen and oxygen atoms in total. The number of halogens is 3. The summed E-state index contributed by atoms with van der Waals surface area (Å²) < 4.78 is 45.2. The second-order valence-electron chi connectivity index (χ2n) is 8.61. The van der Waals surface area contributed by atoms with Crippen LogP contribution in [0.2, 0.25) is 0 Å². The monoisotopic (exact) mass is 375 g/mol. The first-order valence-electron chi connectivity index (χ1n) is 9.99. The van der Waals surface area contributed by atoms with Gasteiger partial charge in [0.1, 0.15) is 0 Å². The zero-order chi connectivity index (χ0) is 18.9. The summed E-state index contributed by atoms with van der Waals surface area (Å²) in [5.41, 5.74) is 0.00233. The molecular formula is C19H32F3N3O. The van der Waals surface area contributed by atoms with Gasteiger partial charge in [0.25, 0.3) is 0 Å². The molecule has 3 rings (SSSR count). The second-order valence-corrected chi connectivity index (χ2v) is 8.61. The van der Waals surface area contributed by atoms with Crippen LogP contribution in [-0.4, -0.2) is 43.5 Å². The van der Waals surface area contributed by atoms with Crippen LogP contribution in [0.15, 0.2) is 4.99 Å². The molecule has 0 bridgehead atoms. The highest BCUT2D eigenvalue weighted by Gasteiger charge is 2.58. The van der Waals surface area contributed by atoms with Gasteiger partial charge in [0, 0.05) is 36.6 Å². The van der Waals surface area contributed by atoms with Gasteiger partial charge in [-0.25, -0.2) is 0 Å². The van der Waals surface area contributed by atoms with Crippen molar-refractivity contribution in [1.82, 2.24) is 10.6 Å². The third-order valence-electron chi connectivity index (χ3n) is 6.42. The van der Waals surface area contributed by atoms with Gasteiger partial charge in [-0.3, -0.25) is 4.99 Å². The molecule has 7 heteroatoms. The summed E-state index contributed by atoms with van der Waals surface area (Å²) in [6, 6.07) is 0.0716. The predicted molar refractivity (Wildman–Crippen MR) is 96.1 cm³/mol. The van der Waals surface area contributed by atoms with Crippen LogP contribution in [0.3, 0.4) is 0 Å². The Morgan fingerprint density at radius 1 is 1.15 bits per heavy atom. The maximum atomic E-state index is 13.1. The topological polar surface area (TPSA) is 45.7 Å². The number of alkyl halides is 3. The van der Waals surface area contributed by atoms with Gasteiger partial charge in [0.15, 0.2) is 5.96 Å². The average Bonchev–Trinajstić information content (AvgIpc) is 2.59. The van der Waals surface area contributed by atoms with Gasteiger partial charge in [0.2, 0.25) is 0 Å². The Morgan fingerprint density at radius 3 is 2.62 bits per heavy atom. The molecule has 1 heterocycles. The molecule has 1 saturated heterocycles. The summed E-state index contributed by atoms with van der Waals surface area (Å²) in [5.74, 6) is -0.0906. The van der Waals surface area contributed by atoms with Crippen molar-refractivity contribution in [3.05, 3.63) is 0 Å². The van der Waals surface area contributed by atoms with Crippen LogP contribution in [-0.2, 0) is 4.74 Å². The van der Waals surface area contributed by atoms with Crippen molar-refractivity contribution in [3.8, 4) is 0 Å². The Kier molecular flexibility index (Phi) is 5.75. The minimum atomic E-state index is -4.10. The highest BCUT2D eigenvalue weighted by Crippen LogP contribution is 2.51. The molecule has 26 heavy (non-hydrogen) atoms. The van der Waals surface area contributed by atoms with Gasteiger partial charge in [-0.2, -0.15) is 13.2 Å². The van der Waals surface area contributed by atoms with Crippen LogP contribution in [0, 0.1) is 17.3 Å². The van der Waals surface area contributed by atoms with E-state index >= 15 is 0 Å². The Labute approximate surface area is 154 Å². The van der Waals surface area contributed by atoms with E-state index < -0.39 is 12.1 Å². The van der Waals surface area contributed by atoms with Crippen molar-refractivity contribution in [1.29, 1.82) is 0 Å². The van der Waals surface area contributed by atoms with E-state index in [9.17, 15) is 13.2 Å². The molecule has 5 atom stereocenters. The minimum absolute atomic E-state index is 0.00233. The van der Waals surface area contributed by atoms with Crippen LogP contribution < -0.4 is 10.6 Å². The van der Waals surface area contributed by atoms with Crippen molar-refractivity contribution in [2.45, 2.75) is 83.7 Å². The van der Waals surface area contributed by atoms with Crippen molar-refractivity contribution in [2.24, 2.45) is 22.2 Å². The third-order valence-corrected chi connectivity index (χ3v) is 6.42. The highest BCUT2D eigenvalue weighted by atomic mass is 19.4. The Hall–Kier alpha value is -0.980. The molecule has 1 aliphatic heterocycles. The zero-order valence-electron chi connectivity index (χ0n) is 16.0. The number of fused-ring (bicyclic) bond motifs is 1. The Bertz CT molecular complexity index is 521. The largest absolute Gasteiger partial charge is 0.391 e. The van der Waals surface area contributed by atoms with Crippen molar-refractivity contribution < 1.29 is 17.9 Å². The Morgan fingerprint density at radius 2 is 1.92 bits per heavy atom. The van der Waals surface area contributed by atoms with Gasteiger partial charge in [-0.05, 0) is 39.0 Å². The first-order chi connectivity index (χ1) is 12.2. The summed E-state index contributed by atoms with van der Waals surface area (Å²) in [7, 11) is 0. The van der Waals surface area contributed by atoms with E-state index in [1.165, 1.54) is 0 Å². The van der Waals surface area contributed by atoms with Crippen LogP contribution in [0.4, 0.5) is 13.2 Å². The average molecular weight is 375 g/mol. The van der Waals surface area contributed by atoms with Gasteiger partial charge in [-0.15, -0.1) is 0 Å². The number of hydrogen-bond donors (Lipinski definition) is 2. The van der Waals surface area contributed by atoms with Gasteiger partial charge in [0.05, 0.1) is 12.0 Å². The van der Waals surface area contributed by atoms with Crippen molar-refractivity contribution >= 4 is 5.96 Å². The van der Waals surface area contributed by atoms with Crippen molar-refractivity contribution in [3.63, 3.8) is 0 Å². The fraction of sp³-hybridized carbons (Fsp3) is 0.947. The van der Waals surface area contributed by atoms with E-state index in [0.717, 1.165) is 25.9 Å². The smallest absolute Gasteiger partial charge is 0.377 e. The fourth-order valence-electron chi connectivity index (χ4n) is 5.07. The summed E-state index contributed by atoms with van der Waals surface area (Å²) >= 11 is 0. The van der Waals surface area contributed by atoms with Gasteiger partial charge < -0.3 is 15.4 Å². The van der Waals surface area contributed by atoms with E-state index in [0.29, 0.717) is 24.8 Å². The van der Waals surface area contributed by atoms with Crippen LogP contribution in [0.5, 0.6) is 0 Å². The lowest BCUT2D eigenvalue weighted by atomic mass is 9.55. The van der Waals surface area contributed by atoms with E-state index in [4.69, 9.17) is 4.74 Å². The summed E-state index contributed by atoms with van der Waals surface area (Å²) in [5, 5.41) is 6.81. The number of ether oxygens (including phenoxy) is 1. The van der Waals surface area contributed by atoms with Crippen molar-refractivity contribution in [2.75, 3.05) is 13.2 Å². The first-order valence-corrected chi connectivity index (χ1v) is 9.99. The molecule has 5 unspecified atom stereocenters. The number of aliphatic imine (C=N–C) groups is 1. The lowest BCUT2D eigenvalue weighted by molar-refractivity contribution is -0.188. The number of nitrogens with zero attached hydrogens (tertiary/aromatic N) is 1. The molecule has 0 spiro atoms. The second kappa shape index (κ2) is 7.56. The lowest BCUT2D eigenvalue weighted by Gasteiger charge is -2.60. The van der Waals surface area contributed by atoms with E-state index in [1.54, 1.807) is 0 Å². The molecule has 0 aromatic rings. The third kappa shape index (κ3) is 3.97. The van der Waals surface area contributed by atoms with Gasteiger partial charge in [-0.1, -0.05) is 20.3 Å². The summed E-state index contributed by atoms with van der Waals surface area (Å²) in [6.07, 6.45) is 0.112. The standard InChI is InChI=1S/C19H32F3N3O/c1-4-23-17(24-13-8-5-7-12(11-13)19(20,21)22)25-15-14-9-6-10-26-16(14)18(15,2)3/h12-16H,4-11H2,1-3H3,(H2,23,24,25). The molecule has 0 amide bonds. The van der Waals surface area contributed by atoms with Crippen LogP contribution in [0.25, 0.3) is 0 Å². The number of hydrogen-bond acceptors (Lipinski definition) is 2. The molecule has 2 N–H and O–H groups in total. The SMILES string of the molecule is CCN=C(NC1CCCC(C(F)(F)F)C1)NC1C2CCCOC2C1(C)C. The predicted octanol–water partition coefficient (Wildman–Crippen LogP) is 3.87. The molecule has 0 aromatic heterocycles. The normalized spacial score (nSPS) is 37.5. The Balaban J connectivity index is 1.62. The maximum Gasteiger partial charge on any atom is 0.391 e. The lowest BCUT2D eigenvalue weighted by Crippen LogP contribution is -2.71. The molecule has 0 radical (unpaired) electrons. The molecule has 3 fully saturated rings. The summed E-state index contributed by atoms with van der Waals surface area (Å²) in [6.45, 7) is 7.76. The molecular weight excluding hydrogens is 343 g/mol. The molecule has 0 aromatic carbocycles. The summed E-state index contributed by atoms with van der Waals surface area (Å²) in [4.78, 5) is 4.50. The fourth-order valence-corrected chi connectivity index (χ4v) is 5.07. The highest BCUT2D eigenvalue weighted by molar-refractivity contribution is 5.80. The van der Waals surface area contributed by atoms with E-state index in [2.05, 4.69) is 29.5 Å². The maximum absolute atomic E-state index is 13.1. The quantitative estimate of drug-likeness (QED) is 0.582. The molecule has 3 aliphatic rings. The number of nitrogens with one attached hydrogen (secondary N) is 2. The van der Waals surface area contributed by atoms with Gasteiger partial charge >= 0.3 is 6.18 Å². The first kappa shape index (κ1) is 19.8. The zero-order valence-corrected chi connectivity index (χ0v) is 16.0. The number of guanidine groups is 1.